The van der Waals surface area contributed by atoms with Crippen molar-refractivity contribution in [1.82, 2.24) is 9.88 Å². The van der Waals surface area contributed by atoms with Crippen molar-refractivity contribution >= 4 is 5.82 Å². The lowest BCUT2D eigenvalue weighted by Crippen LogP contribution is -2.33. The smallest absolute Gasteiger partial charge is 0.215 e. The second-order valence-electron chi connectivity index (χ2n) is 5.14. The molecule has 106 valence electrons. The van der Waals surface area contributed by atoms with Gasteiger partial charge in [0.05, 0.1) is 6.61 Å². The molecule has 1 fully saturated rings. The van der Waals surface area contributed by atoms with Crippen LogP contribution in [0.25, 0.3) is 0 Å². The summed E-state index contributed by atoms with van der Waals surface area (Å²) < 4.78 is 5.39. The third kappa shape index (κ3) is 4.39. The highest BCUT2D eigenvalue weighted by Crippen LogP contribution is 2.22. The van der Waals surface area contributed by atoms with Crippen LogP contribution in [0, 0.1) is 0 Å². The van der Waals surface area contributed by atoms with E-state index < -0.39 is 0 Å². The van der Waals surface area contributed by atoms with Gasteiger partial charge in [0.1, 0.15) is 5.82 Å². The van der Waals surface area contributed by atoms with Crippen molar-refractivity contribution in [3.63, 3.8) is 0 Å². The Labute approximate surface area is 116 Å². The van der Waals surface area contributed by atoms with Crippen molar-refractivity contribution in [3.05, 3.63) is 18.2 Å². The van der Waals surface area contributed by atoms with Crippen molar-refractivity contribution in [2.24, 2.45) is 0 Å². The van der Waals surface area contributed by atoms with E-state index in [1.165, 1.54) is 25.7 Å². The molecule has 0 aliphatic heterocycles. The predicted octanol–water partition coefficient (Wildman–Crippen LogP) is 2.77. The van der Waals surface area contributed by atoms with Crippen LogP contribution in [-0.4, -0.2) is 42.7 Å². The quantitative estimate of drug-likeness (QED) is 0.821. The van der Waals surface area contributed by atoms with Gasteiger partial charge in [-0.2, -0.15) is 4.98 Å². The van der Waals surface area contributed by atoms with Crippen LogP contribution in [0.15, 0.2) is 18.2 Å². The molecule has 0 radical (unpaired) electrons. The summed E-state index contributed by atoms with van der Waals surface area (Å²) in [6.45, 7) is 4.61. The summed E-state index contributed by atoms with van der Waals surface area (Å²) in [5.74, 6) is 1.59. The average Bonchev–Trinajstić information content (AvgIpc) is 2.93. The summed E-state index contributed by atoms with van der Waals surface area (Å²) in [5.41, 5.74) is 0. The first kappa shape index (κ1) is 14.1. The molecule has 2 rings (SSSR count). The molecule has 1 N–H and O–H groups in total. The fraction of sp³-hybridized carbons (Fsp3) is 0.667. The van der Waals surface area contributed by atoms with Crippen LogP contribution in [0.5, 0.6) is 5.88 Å². The molecule has 4 heteroatoms. The number of likely N-dealkylation sites (N-methyl/N-ethyl adjacent to an activating group) is 1. The van der Waals surface area contributed by atoms with E-state index in [9.17, 15) is 0 Å². The van der Waals surface area contributed by atoms with Crippen molar-refractivity contribution in [2.75, 3.05) is 32.1 Å². The van der Waals surface area contributed by atoms with Gasteiger partial charge in [-0.05, 0) is 32.9 Å². The first-order valence-electron chi connectivity index (χ1n) is 7.33. The summed E-state index contributed by atoms with van der Waals surface area (Å²) in [5, 5.41) is 3.37. The topological polar surface area (TPSA) is 37.4 Å². The highest BCUT2D eigenvalue weighted by Gasteiger charge is 2.18. The highest BCUT2D eigenvalue weighted by atomic mass is 16.5. The minimum Gasteiger partial charge on any atom is -0.478 e. The average molecular weight is 263 g/mol. The van der Waals surface area contributed by atoms with Gasteiger partial charge >= 0.3 is 0 Å². The van der Waals surface area contributed by atoms with Crippen LogP contribution in [-0.2, 0) is 0 Å². The molecule has 0 spiro atoms. The normalized spacial score (nSPS) is 15.9. The van der Waals surface area contributed by atoms with Gasteiger partial charge in [-0.3, -0.25) is 0 Å². The van der Waals surface area contributed by atoms with Crippen molar-refractivity contribution in [3.8, 4) is 5.88 Å². The van der Waals surface area contributed by atoms with Gasteiger partial charge in [-0.15, -0.1) is 0 Å². The summed E-state index contributed by atoms with van der Waals surface area (Å²) in [6, 6.07) is 6.63. The van der Waals surface area contributed by atoms with E-state index in [0.717, 1.165) is 24.9 Å². The Bertz CT molecular complexity index is 377. The summed E-state index contributed by atoms with van der Waals surface area (Å²) in [7, 11) is 2.22. The van der Waals surface area contributed by atoms with Gasteiger partial charge in [0, 0.05) is 25.2 Å². The molecule has 0 atom stereocenters. The fourth-order valence-electron chi connectivity index (χ4n) is 2.63. The second-order valence-corrected chi connectivity index (χ2v) is 5.14. The van der Waals surface area contributed by atoms with Gasteiger partial charge in [-0.1, -0.05) is 18.9 Å². The summed E-state index contributed by atoms with van der Waals surface area (Å²) in [4.78, 5) is 6.87. The first-order chi connectivity index (χ1) is 9.29. The van der Waals surface area contributed by atoms with Gasteiger partial charge in [0.2, 0.25) is 5.88 Å². The largest absolute Gasteiger partial charge is 0.478 e. The van der Waals surface area contributed by atoms with Crippen LogP contribution < -0.4 is 10.1 Å². The molecule has 1 aromatic rings. The van der Waals surface area contributed by atoms with Crippen LogP contribution in [0.2, 0.25) is 0 Å². The summed E-state index contributed by atoms with van der Waals surface area (Å²) >= 11 is 0. The second kappa shape index (κ2) is 7.34. The molecule has 0 aromatic carbocycles. The monoisotopic (exact) mass is 263 g/mol. The van der Waals surface area contributed by atoms with Crippen molar-refractivity contribution in [2.45, 2.75) is 38.6 Å². The molecule has 19 heavy (non-hydrogen) atoms. The van der Waals surface area contributed by atoms with E-state index in [1.807, 2.05) is 25.1 Å². The third-order valence-electron chi connectivity index (χ3n) is 3.73. The number of hydrogen-bond donors (Lipinski definition) is 1. The maximum absolute atomic E-state index is 5.39. The first-order valence-corrected chi connectivity index (χ1v) is 7.33. The summed E-state index contributed by atoms with van der Waals surface area (Å²) in [6.07, 6.45) is 5.49. The fourth-order valence-corrected chi connectivity index (χ4v) is 2.63. The van der Waals surface area contributed by atoms with E-state index in [-0.39, 0.29) is 0 Å². The van der Waals surface area contributed by atoms with Gasteiger partial charge in [-0.25, -0.2) is 0 Å². The van der Waals surface area contributed by atoms with E-state index in [4.69, 9.17) is 4.74 Å². The minimum absolute atomic E-state index is 0.654. The molecule has 1 saturated carbocycles. The van der Waals surface area contributed by atoms with Crippen LogP contribution >= 0.6 is 0 Å². The Kier molecular flexibility index (Phi) is 5.45. The number of nitrogens with zero attached hydrogens (tertiary/aromatic N) is 2. The maximum Gasteiger partial charge on any atom is 0.215 e. The molecule has 1 aliphatic carbocycles. The van der Waals surface area contributed by atoms with Crippen molar-refractivity contribution < 1.29 is 4.74 Å². The SMILES string of the molecule is CCOc1cccc(NCCN(C)C2CCCC2)n1. The molecular formula is C15H25N3O. The van der Waals surface area contributed by atoms with E-state index >= 15 is 0 Å². The lowest BCUT2D eigenvalue weighted by atomic mass is 10.2. The van der Waals surface area contributed by atoms with E-state index in [1.54, 1.807) is 0 Å². The molecule has 0 unspecified atom stereocenters. The number of hydrogen-bond acceptors (Lipinski definition) is 4. The molecule has 1 aromatic heterocycles. The van der Waals surface area contributed by atoms with Crippen LogP contribution in [0.4, 0.5) is 5.82 Å². The molecular weight excluding hydrogens is 238 g/mol. The van der Waals surface area contributed by atoms with E-state index in [0.29, 0.717) is 12.5 Å². The maximum atomic E-state index is 5.39. The number of pyridine rings is 1. The zero-order valence-electron chi connectivity index (χ0n) is 12.1. The van der Waals surface area contributed by atoms with Gasteiger partial charge in [0.25, 0.3) is 0 Å². The number of rotatable bonds is 7. The predicted molar refractivity (Wildman–Crippen MR) is 78.8 cm³/mol. The number of aromatic nitrogens is 1. The molecule has 0 bridgehead atoms. The minimum atomic E-state index is 0.654. The highest BCUT2D eigenvalue weighted by molar-refractivity contribution is 5.36. The standard InChI is InChI=1S/C15H25N3O/c1-3-19-15-10-6-9-14(17-15)16-11-12-18(2)13-7-4-5-8-13/h6,9-10,13H,3-5,7-8,11-12H2,1-2H3,(H,16,17). The Balaban J connectivity index is 1.73. The Morgan fingerprint density at radius 2 is 2.16 bits per heavy atom. The molecule has 0 amide bonds. The molecule has 0 saturated heterocycles. The zero-order valence-corrected chi connectivity index (χ0v) is 12.1. The Morgan fingerprint density at radius 1 is 1.37 bits per heavy atom. The van der Waals surface area contributed by atoms with Crippen LogP contribution in [0.3, 0.4) is 0 Å². The Hall–Kier alpha value is -1.29. The number of nitrogens with one attached hydrogen (secondary N) is 1. The molecule has 1 aliphatic rings. The van der Waals surface area contributed by atoms with Gasteiger partial charge in [0.15, 0.2) is 0 Å². The molecule has 1 heterocycles. The molecule has 4 nitrogen and oxygen atoms in total. The lowest BCUT2D eigenvalue weighted by Gasteiger charge is -2.24. The van der Waals surface area contributed by atoms with Crippen LogP contribution in [0.1, 0.15) is 32.6 Å². The lowest BCUT2D eigenvalue weighted by molar-refractivity contribution is 0.254. The van der Waals surface area contributed by atoms with E-state index in [2.05, 4.69) is 22.2 Å². The van der Waals surface area contributed by atoms with Gasteiger partial charge < -0.3 is 15.0 Å². The number of ether oxygens (including phenoxy) is 1. The van der Waals surface area contributed by atoms with Crippen molar-refractivity contribution in [1.29, 1.82) is 0 Å². The third-order valence-corrected chi connectivity index (χ3v) is 3.73. The number of anilines is 1. The Morgan fingerprint density at radius 3 is 2.89 bits per heavy atom. The zero-order chi connectivity index (χ0) is 13.5.